The lowest BCUT2D eigenvalue weighted by Gasteiger charge is -2.05. The van der Waals surface area contributed by atoms with Crippen LogP contribution in [0, 0.1) is 5.41 Å². The molecule has 0 spiro atoms. The lowest BCUT2D eigenvalue weighted by molar-refractivity contribution is 0.0952. The summed E-state index contributed by atoms with van der Waals surface area (Å²) in [5.41, 5.74) is 7.91. The van der Waals surface area contributed by atoms with Gasteiger partial charge in [-0.05, 0) is 17.7 Å². The minimum Gasteiger partial charge on any atom is -0.401 e. The Hall–Kier alpha value is -3.96. The number of hydrogen-bond acceptors (Lipinski definition) is 7. The van der Waals surface area contributed by atoms with Crippen LogP contribution in [0.5, 0.6) is 0 Å². The maximum Gasteiger partial charge on any atom is 0.271 e. The van der Waals surface area contributed by atoms with Crippen molar-refractivity contribution in [2.24, 2.45) is 5.73 Å². The number of aromatic amines is 1. The lowest BCUT2D eigenvalue weighted by Crippen LogP contribution is -2.28. The number of hydrogen-bond donors (Lipinski definition) is 5. The molecule has 2 aromatic heterocycles. The van der Waals surface area contributed by atoms with Crippen LogP contribution in [0.1, 0.15) is 16.1 Å². The smallest absolute Gasteiger partial charge is 0.271 e. The summed E-state index contributed by atoms with van der Waals surface area (Å²) < 4.78 is 28.0. The fourth-order valence-electron chi connectivity index (χ4n) is 3.07. The Kier molecular flexibility index (Phi) is 6.24. The maximum absolute atomic E-state index is 12.8. The molecule has 0 fully saturated rings. The first-order chi connectivity index (χ1) is 15.8. The SMILES string of the molecule is N=C(/C=C(\N)CNC(=O)c1csc(NS(=O)(=O)c2c[nH]c3ccccc23)n1)c1ccccc1. The van der Waals surface area contributed by atoms with Crippen molar-refractivity contribution in [3.8, 4) is 0 Å². The van der Waals surface area contributed by atoms with E-state index < -0.39 is 15.9 Å². The summed E-state index contributed by atoms with van der Waals surface area (Å²) >= 11 is 0.997. The molecule has 0 bridgehead atoms. The van der Waals surface area contributed by atoms with Gasteiger partial charge in [0.1, 0.15) is 10.6 Å². The van der Waals surface area contributed by atoms with E-state index in [1.54, 1.807) is 36.4 Å². The first-order valence-electron chi connectivity index (χ1n) is 9.76. The zero-order valence-corrected chi connectivity index (χ0v) is 18.8. The van der Waals surface area contributed by atoms with E-state index in [-0.39, 0.29) is 28.0 Å². The van der Waals surface area contributed by atoms with Crippen LogP contribution in [-0.2, 0) is 10.0 Å². The molecule has 0 aliphatic heterocycles. The molecule has 168 valence electrons. The highest BCUT2D eigenvalue weighted by Gasteiger charge is 2.21. The fraction of sp³-hybridized carbons (Fsp3) is 0.0455. The summed E-state index contributed by atoms with van der Waals surface area (Å²) in [5.74, 6) is -0.508. The summed E-state index contributed by atoms with van der Waals surface area (Å²) in [5, 5.41) is 12.8. The predicted molar refractivity (Wildman–Crippen MR) is 129 cm³/mol. The van der Waals surface area contributed by atoms with Crippen molar-refractivity contribution in [3.63, 3.8) is 0 Å². The standard InChI is InChI=1S/C22H20N6O3S2/c23-15(10-17(24)14-6-2-1-3-7-14)11-26-21(29)19-13-32-22(27-19)28-33(30,31)20-12-25-18-9-5-4-8-16(18)20/h1-10,12-13,24-25H,11,23H2,(H,26,29)(H,27,28)/b15-10-,24-17?. The molecular formula is C22H20N6O3S2. The highest BCUT2D eigenvalue weighted by atomic mass is 32.2. The molecular weight excluding hydrogens is 460 g/mol. The Labute approximate surface area is 193 Å². The predicted octanol–water partition coefficient (Wildman–Crippen LogP) is 3.07. The monoisotopic (exact) mass is 480 g/mol. The Balaban J connectivity index is 1.39. The summed E-state index contributed by atoms with van der Waals surface area (Å²) in [7, 11) is -3.89. The van der Waals surface area contributed by atoms with E-state index in [4.69, 9.17) is 11.1 Å². The van der Waals surface area contributed by atoms with Gasteiger partial charge < -0.3 is 21.4 Å². The van der Waals surface area contributed by atoms with Crippen molar-refractivity contribution < 1.29 is 13.2 Å². The zero-order chi connectivity index (χ0) is 23.4. The number of sulfonamides is 1. The highest BCUT2D eigenvalue weighted by molar-refractivity contribution is 7.93. The first kappa shape index (κ1) is 22.2. The molecule has 0 radical (unpaired) electrons. The number of H-pyrrole nitrogens is 1. The molecule has 33 heavy (non-hydrogen) atoms. The van der Waals surface area contributed by atoms with Crippen LogP contribution in [-0.4, -0.2) is 36.5 Å². The number of fused-ring (bicyclic) bond motifs is 1. The number of thiazole rings is 1. The number of para-hydroxylation sites is 1. The number of nitrogens with one attached hydrogen (secondary N) is 4. The summed E-state index contributed by atoms with van der Waals surface area (Å²) in [4.78, 5) is 19.5. The van der Waals surface area contributed by atoms with Crippen LogP contribution in [0.4, 0.5) is 5.13 Å². The van der Waals surface area contributed by atoms with Crippen LogP contribution in [0.25, 0.3) is 10.9 Å². The molecule has 0 saturated heterocycles. The molecule has 0 atom stereocenters. The van der Waals surface area contributed by atoms with Gasteiger partial charge in [-0.1, -0.05) is 48.5 Å². The number of benzene rings is 2. The second kappa shape index (κ2) is 9.27. The Morgan fingerprint density at radius 3 is 2.67 bits per heavy atom. The number of allylic oxidation sites excluding steroid dienone is 1. The summed E-state index contributed by atoms with van der Waals surface area (Å²) in [6.07, 6.45) is 2.88. The van der Waals surface area contributed by atoms with Crippen molar-refractivity contribution in [2.45, 2.75) is 4.90 Å². The third-order valence-electron chi connectivity index (χ3n) is 4.67. The van der Waals surface area contributed by atoms with Crippen molar-refractivity contribution in [3.05, 3.63) is 89.2 Å². The second-order valence-electron chi connectivity index (χ2n) is 7.02. The topological polar surface area (TPSA) is 154 Å². The van der Waals surface area contributed by atoms with E-state index in [2.05, 4.69) is 20.0 Å². The molecule has 0 unspecified atom stereocenters. The van der Waals surface area contributed by atoms with E-state index in [9.17, 15) is 13.2 Å². The highest BCUT2D eigenvalue weighted by Crippen LogP contribution is 2.26. The van der Waals surface area contributed by atoms with Gasteiger partial charge in [-0.2, -0.15) is 0 Å². The van der Waals surface area contributed by atoms with Crippen molar-refractivity contribution >= 4 is 49.0 Å². The van der Waals surface area contributed by atoms with Gasteiger partial charge in [0, 0.05) is 28.2 Å². The van der Waals surface area contributed by atoms with Gasteiger partial charge in [-0.3, -0.25) is 9.52 Å². The Bertz CT molecular complexity index is 1460. The van der Waals surface area contributed by atoms with Gasteiger partial charge in [0.15, 0.2) is 5.13 Å². The number of carbonyl (C=O) groups is 1. The van der Waals surface area contributed by atoms with Crippen molar-refractivity contribution in [2.75, 3.05) is 11.3 Å². The van der Waals surface area contributed by atoms with E-state index >= 15 is 0 Å². The number of rotatable bonds is 8. The normalized spacial score (nSPS) is 11.9. The van der Waals surface area contributed by atoms with Gasteiger partial charge in [-0.15, -0.1) is 11.3 Å². The minimum atomic E-state index is -3.89. The largest absolute Gasteiger partial charge is 0.401 e. The molecule has 9 nitrogen and oxygen atoms in total. The lowest BCUT2D eigenvalue weighted by atomic mass is 10.1. The van der Waals surface area contributed by atoms with E-state index in [1.807, 2.05) is 18.2 Å². The number of nitrogens with two attached hydrogens (primary N) is 1. The zero-order valence-electron chi connectivity index (χ0n) is 17.2. The number of nitrogens with zero attached hydrogens (tertiary/aromatic N) is 1. The molecule has 4 aromatic rings. The van der Waals surface area contributed by atoms with Crippen molar-refractivity contribution in [1.82, 2.24) is 15.3 Å². The Morgan fingerprint density at radius 2 is 1.88 bits per heavy atom. The number of anilines is 1. The van der Waals surface area contributed by atoms with Gasteiger partial charge >= 0.3 is 0 Å². The molecule has 11 heteroatoms. The average molecular weight is 481 g/mol. The van der Waals surface area contributed by atoms with Gasteiger partial charge in [0.2, 0.25) is 0 Å². The molecule has 0 aliphatic rings. The number of aromatic nitrogens is 2. The molecule has 6 N–H and O–H groups in total. The maximum atomic E-state index is 12.8. The van der Waals surface area contributed by atoms with Crippen LogP contribution in [0.3, 0.4) is 0 Å². The Morgan fingerprint density at radius 1 is 1.15 bits per heavy atom. The second-order valence-corrected chi connectivity index (χ2v) is 9.53. The molecule has 0 saturated carbocycles. The van der Waals surface area contributed by atoms with Crippen LogP contribution < -0.4 is 15.8 Å². The third kappa shape index (κ3) is 5.10. The van der Waals surface area contributed by atoms with Crippen molar-refractivity contribution in [1.29, 1.82) is 5.41 Å². The third-order valence-corrected chi connectivity index (χ3v) is 6.93. The van der Waals surface area contributed by atoms with Crippen LogP contribution >= 0.6 is 11.3 Å². The van der Waals surface area contributed by atoms with Gasteiger partial charge in [0.05, 0.1) is 12.3 Å². The molecule has 0 aliphatic carbocycles. The van der Waals surface area contributed by atoms with E-state index in [0.717, 1.165) is 11.3 Å². The number of carbonyl (C=O) groups excluding carboxylic acids is 1. The van der Waals surface area contributed by atoms with Crippen LogP contribution in [0.2, 0.25) is 0 Å². The minimum absolute atomic E-state index is 0.0158. The average Bonchev–Trinajstić information content (AvgIpc) is 3.45. The van der Waals surface area contributed by atoms with Gasteiger partial charge in [0.25, 0.3) is 15.9 Å². The fourth-order valence-corrected chi connectivity index (χ4v) is 5.20. The molecule has 1 amide bonds. The molecule has 2 heterocycles. The van der Waals surface area contributed by atoms with E-state index in [1.165, 1.54) is 17.7 Å². The quantitative estimate of drug-likeness (QED) is 0.245. The summed E-state index contributed by atoms with van der Waals surface area (Å²) in [6.45, 7) is 0.0158. The first-order valence-corrected chi connectivity index (χ1v) is 12.1. The van der Waals surface area contributed by atoms with Gasteiger partial charge in [-0.25, -0.2) is 13.4 Å². The molecule has 4 rings (SSSR count). The van der Waals surface area contributed by atoms with Crippen LogP contribution in [0.15, 0.2) is 82.8 Å². The van der Waals surface area contributed by atoms with E-state index in [0.29, 0.717) is 22.2 Å². The number of amides is 1. The summed E-state index contributed by atoms with van der Waals surface area (Å²) in [6, 6.07) is 16.1. The molecule has 2 aromatic carbocycles.